The summed E-state index contributed by atoms with van der Waals surface area (Å²) < 4.78 is 0. The van der Waals surface area contributed by atoms with Crippen LogP contribution < -0.4 is 0 Å². The average molecular weight is 593 g/mol. The third-order valence-corrected chi connectivity index (χ3v) is 12.4. The molecule has 45 heavy (non-hydrogen) atoms. The number of allylic oxidation sites excluding steroid dienone is 2. The molecule has 0 heterocycles. The van der Waals surface area contributed by atoms with Crippen molar-refractivity contribution in [2.24, 2.45) is 0 Å². The van der Waals surface area contributed by atoms with E-state index in [0.717, 1.165) is 12.1 Å². The number of hydrogen-bond acceptors (Lipinski definition) is 0. The molecule has 0 spiro atoms. The summed E-state index contributed by atoms with van der Waals surface area (Å²) in [7, 11) is -0.683. The Morgan fingerprint density at radius 3 is 1.09 bits per heavy atom. The number of rotatable bonds is 8. The first-order chi connectivity index (χ1) is 22.3. The summed E-state index contributed by atoms with van der Waals surface area (Å²) in [5.41, 5.74) is 13.5. The summed E-state index contributed by atoms with van der Waals surface area (Å²) in [5, 5.41) is 0. The zero-order chi connectivity index (χ0) is 30.1. The minimum absolute atomic E-state index is 0.182. The number of hydrogen-bond donors (Lipinski definition) is 0. The monoisotopic (exact) mass is 592 g/mol. The third kappa shape index (κ3) is 4.50. The van der Waals surface area contributed by atoms with Crippen molar-refractivity contribution in [1.82, 2.24) is 0 Å². The molecular weight excluding hydrogens is 557 g/mol. The molecule has 0 radical (unpaired) electrons. The predicted octanol–water partition coefficient (Wildman–Crippen LogP) is 10.1. The number of fused-ring (bicyclic) bond motifs is 2. The lowest BCUT2D eigenvalue weighted by atomic mass is 9.71. The molecule has 6 aromatic carbocycles. The first kappa shape index (κ1) is 27.6. The molecule has 2 atom stereocenters. The van der Waals surface area contributed by atoms with E-state index in [4.69, 9.17) is 0 Å². The van der Waals surface area contributed by atoms with Gasteiger partial charge in [0, 0.05) is 20.3 Å². The Balaban J connectivity index is 1.28. The smallest absolute Gasteiger partial charge is 0.0435 e. The Labute approximate surface area is 269 Å². The van der Waals surface area contributed by atoms with Gasteiger partial charge in [0.1, 0.15) is 0 Å². The molecular formula is C44H36Si. The molecule has 0 fully saturated rings. The zero-order valence-corrected chi connectivity index (χ0v) is 26.9. The Morgan fingerprint density at radius 2 is 0.689 bits per heavy atom. The molecule has 0 aromatic heterocycles. The van der Waals surface area contributed by atoms with Gasteiger partial charge >= 0.3 is 0 Å². The highest BCUT2D eigenvalue weighted by molar-refractivity contribution is 6.38. The SMILES string of the molecule is C1=C(c2ccccc2)C(C[SiH2]CC2(c3ccccc3)C(c3ccccc3)=Cc3ccccc32)(c2ccccc2)c2ccccc21. The van der Waals surface area contributed by atoms with Crippen LogP contribution in [0.15, 0.2) is 170 Å². The van der Waals surface area contributed by atoms with Crippen LogP contribution in [0, 0.1) is 0 Å². The fourth-order valence-electron chi connectivity index (χ4n) is 8.28. The van der Waals surface area contributed by atoms with Gasteiger partial charge in [0.2, 0.25) is 0 Å². The second-order valence-corrected chi connectivity index (χ2v) is 14.1. The largest absolute Gasteiger partial charge is 0.0622 e. The predicted molar refractivity (Wildman–Crippen MR) is 194 cm³/mol. The van der Waals surface area contributed by atoms with Crippen molar-refractivity contribution in [3.8, 4) is 0 Å². The average Bonchev–Trinajstić information content (AvgIpc) is 3.64. The molecule has 1 heteroatoms. The minimum atomic E-state index is -0.683. The van der Waals surface area contributed by atoms with Crippen LogP contribution >= 0.6 is 0 Å². The maximum absolute atomic E-state index is 2.47. The van der Waals surface area contributed by atoms with Gasteiger partial charge in [-0.3, -0.25) is 0 Å². The summed E-state index contributed by atoms with van der Waals surface area (Å²) in [5.74, 6) is 0. The van der Waals surface area contributed by atoms with Gasteiger partial charge in [-0.25, -0.2) is 0 Å². The molecule has 8 rings (SSSR count). The van der Waals surface area contributed by atoms with E-state index in [1.54, 1.807) is 0 Å². The lowest BCUT2D eigenvalue weighted by molar-refractivity contribution is 0.721. The Hall–Kier alpha value is -4.98. The van der Waals surface area contributed by atoms with Crippen molar-refractivity contribution in [3.05, 3.63) is 214 Å². The van der Waals surface area contributed by atoms with E-state index in [2.05, 4.69) is 182 Å². The summed E-state index contributed by atoms with van der Waals surface area (Å²) in [6.45, 7) is 0. The van der Waals surface area contributed by atoms with Crippen LogP contribution in [0.3, 0.4) is 0 Å². The van der Waals surface area contributed by atoms with E-state index in [9.17, 15) is 0 Å². The van der Waals surface area contributed by atoms with E-state index >= 15 is 0 Å². The van der Waals surface area contributed by atoms with Gasteiger partial charge in [-0.15, -0.1) is 0 Å². The molecule has 6 aromatic rings. The highest BCUT2D eigenvalue weighted by Crippen LogP contribution is 2.56. The molecule has 216 valence electrons. The van der Waals surface area contributed by atoms with Crippen molar-refractivity contribution in [1.29, 1.82) is 0 Å². The van der Waals surface area contributed by atoms with Crippen LogP contribution in [0.2, 0.25) is 12.1 Å². The molecule has 2 aliphatic carbocycles. The molecule has 2 unspecified atom stereocenters. The van der Waals surface area contributed by atoms with Crippen LogP contribution in [-0.4, -0.2) is 9.52 Å². The summed E-state index contributed by atoms with van der Waals surface area (Å²) in [6, 6.07) is 65.3. The lowest BCUT2D eigenvalue weighted by Gasteiger charge is -2.39. The van der Waals surface area contributed by atoms with Crippen molar-refractivity contribution >= 4 is 32.8 Å². The molecule has 0 aliphatic heterocycles. The molecule has 2 aliphatic rings. The van der Waals surface area contributed by atoms with Crippen LogP contribution in [0.5, 0.6) is 0 Å². The zero-order valence-electron chi connectivity index (χ0n) is 25.4. The van der Waals surface area contributed by atoms with Gasteiger partial charge < -0.3 is 0 Å². The topological polar surface area (TPSA) is 0 Å². The standard InChI is InChI=1S/C44H36Si/c1-5-17-33(18-6-1)41-29-35-21-13-15-27-39(35)43(41,37-23-9-3-10-24-37)31-45-32-44(38-25-11-4-12-26-38)40-28-16-14-22-36(40)30-42(44)34-19-7-2-8-20-34/h1-30H,31-32,45H2. The van der Waals surface area contributed by atoms with Crippen LogP contribution in [-0.2, 0) is 10.8 Å². The lowest BCUT2D eigenvalue weighted by Crippen LogP contribution is -2.33. The van der Waals surface area contributed by atoms with E-state index in [1.165, 1.54) is 55.7 Å². The quantitative estimate of drug-likeness (QED) is 0.154. The Morgan fingerprint density at radius 1 is 0.356 bits per heavy atom. The second kappa shape index (κ2) is 11.5. The fraction of sp³-hybridized carbons (Fsp3) is 0.0909. The van der Waals surface area contributed by atoms with E-state index < -0.39 is 9.52 Å². The minimum Gasteiger partial charge on any atom is -0.0622 e. The first-order valence-corrected chi connectivity index (χ1v) is 18.2. The van der Waals surface area contributed by atoms with Crippen molar-refractivity contribution in [2.45, 2.75) is 22.9 Å². The Bertz CT molecular complexity index is 1860. The summed E-state index contributed by atoms with van der Waals surface area (Å²) >= 11 is 0. The molecule has 0 saturated carbocycles. The summed E-state index contributed by atoms with van der Waals surface area (Å²) in [6.07, 6.45) is 4.94. The molecule has 0 bridgehead atoms. The molecule has 0 N–H and O–H groups in total. The molecule has 0 saturated heterocycles. The van der Waals surface area contributed by atoms with E-state index in [0.29, 0.717) is 0 Å². The van der Waals surface area contributed by atoms with Crippen molar-refractivity contribution in [2.75, 3.05) is 0 Å². The van der Waals surface area contributed by atoms with Crippen LogP contribution in [0.4, 0.5) is 0 Å². The van der Waals surface area contributed by atoms with Crippen molar-refractivity contribution < 1.29 is 0 Å². The highest BCUT2D eigenvalue weighted by Gasteiger charge is 2.46. The van der Waals surface area contributed by atoms with Gasteiger partial charge in [0.25, 0.3) is 0 Å². The normalized spacial score (nSPS) is 20.1. The Kier molecular flexibility index (Phi) is 7.04. The van der Waals surface area contributed by atoms with Crippen LogP contribution in [0.1, 0.15) is 44.5 Å². The van der Waals surface area contributed by atoms with Gasteiger partial charge in [0.05, 0.1) is 0 Å². The molecule has 0 nitrogen and oxygen atoms in total. The summed E-state index contributed by atoms with van der Waals surface area (Å²) in [4.78, 5) is 0. The van der Waals surface area contributed by atoms with Crippen molar-refractivity contribution in [3.63, 3.8) is 0 Å². The highest BCUT2D eigenvalue weighted by atomic mass is 28.2. The van der Waals surface area contributed by atoms with Gasteiger partial charge in [-0.1, -0.05) is 170 Å². The van der Waals surface area contributed by atoms with Gasteiger partial charge in [-0.2, -0.15) is 0 Å². The molecule has 0 amide bonds. The first-order valence-electron chi connectivity index (χ1n) is 16.2. The van der Waals surface area contributed by atoms with E-state index in [-0.39, 0.29) is 10.8 Å². The maximum Gasteiger partial charge on any atom is 0.0435 e. The second-order valence-electron chi connectivity index (χ2n) is 12.4. The fourth-order valence-corrected chi connectivity index (χ4v) is 11.2. The van der Waals surface area contributed by atoms with E-state index in [1.807, 2.05) is 0 Å². The van der Waals surface area contributed by atoms with Gasteiger partial charge in [0.15, 0.2) is 0 Å². The number of benzene rings is 6. The van der Waals surface area contributed by atoms with Crippen LogP contribution in [0.25, 0.3) is 23.3 Å². The third-order valence-electron chi connectivity index (χ3n) is 10.2. The van der Waals surface area contributed by atoms with Gasteiger partial charge in [-0.05, 0) is 79.9 Å². The maximum atomic E-state index is 2.47.